The molecule has 1 aromatic carbocycles. The lowest BCUT2D eigenvalue weighted by Gasteiger charge is -2.31. The predicted molar refractivity (Wildman–Crippen MR) is 110 cm³/mol. The van der Waals surface area contributed by atoms with Crippen molar-refractivity contribution >= 4 is 11.6 Å². The van der Waals surface area contributed by atoms with Gasteiger partial charge in [0.1, 0.15) is 17.4 Å². The number of alkyl halides is 3. The van der Waals surface area contributed by atoms with Crippen molar-refractivity contribution in [3.8, 4) is 5.75 Å². The molecule has 0 radical (unpaired) electrons. The summed E-state index contributed by atoms with van der Waals surface area (Å²) in [5.74, 6) is 0.663. The molecule has 1 aliphatic rings. The Morgan fingerprint density at radius 2 is 1.90 bits per heavy atom. The number of aromatic nitrogens is 1. The van der Waals surface area contributed by atoms with Crippen molar-refractivity contribution in [2.24, 2.45) is 5.92 Å². The van der Waals surface area contributed by atoms with Crippen molar-refractivity contribution in [2.45, 2.75) is 51.7 Å². The first-order chi connectivity index (χ1) is 14.1. The van der Waals surface area contributed by atoms with Gasteiger partial charge >= 0.3 is 6.18 Å². The van der Waals surface area contributed by atoms with Crippen molar-refractivity contribution in [3.63, 3.8) is 0 Å². The number of anilines is 1. The topological polar surface area (TPSA) is 42.4 Å². The van der Waals surface area contributed by atoms with E-state index in [0.717, 1.165) is 11.3 Å². The molecule has 162 valence electrons. The van der Waals surface area contributed by atoms with Crippen LogP contribution in [0.15, 0.2) is 30.3 Å². The van der Waals surface area contributed by atoms with Crippen molar-refractivity contribution in [2.75, 3.05) is 19.1 Å². The molecule has 2 atom stereocenters. The van der Waals surface area contributed by atoms with Gasteiger partial charge in [-0.2, -0.15) is 13.2 Å². The average molecular weight is 420 g/mol. The highest BCUT2D eigenvalue weighted by molar-refractivity contribution is 5.80. The number of ketones is 1. The first kappa shape index (κ1) is 22.1. The van der Waals surface area contributed by atoms with Crippen LogP contribution >= 0.6 is 0 Å². The normalized spacial score (nSPS) is 19.6. The average Bonchev–Trinajstić information content (AvgIpc) is 2.68. The van der Waals surface area contributed by atoms with Gasteiger partial charge in [-0.25, -0.2) is 4.98 Å². The number of Topliss-reactive ketones (excluding diaryl/α,β-unsaturated/α-hetero) is 1. The number of rotatable bonds is 5. The molecule has 1 aromatic heterocycles. The Hall–Kier alpha value is -2.57. The summed E-state index contributed by atoms with van der Waals surface area (Å²) in [5, 5.41) is 0. The van der Waals surface area contributed by atoms with Crippen molar-refractivity contribution in [3.05, 3.63) is 52.7 Å². The minimum atomic E-state index is -4.51. The Labute approximate surface area is 175 Å². The number of halogens is 3. The highest BCUT2D eigenvalue weighted by atomic mass is 19.4. The standard InChI is InChI=1S/C23H27F3N2O2/c1-14-5-8-17(29)12-19(14)22-21(23(24,25)26)15(2)11-20(27-22)28(3)13-16-6-9-18(30-4)10-7-16/h6-7,9-11,14,19H,5,8,12-13H2,1-4H3. The molecule has 3 rings (SSSR count). The fourth-order valence-corrected chi connectivity index (χ4v) is 4.10. The van der Waals surface area contributed by atoms with Crippen molar-refractivity contribution in [1.82, 2.24) is 4.98 Å². The van der Waals surface area contributed by atoms with E-state index in [4.69, 9.17) is 4.74 Å². The molecule has 1 aliphatic carbocycles. The van der Waals surface area contributed by atoms with Crippen LogP contribution in [-0.2, 0) is 17.5 Å². The maximum Gasteiger partial charge on any atom is 0.418 e. The lowest BCUT2D eigenvalue weighted by atomic mass is 9.76. The second-order valence-corrected chi connectivity index (χ2v) is 8.12. The molecule has 0 amide bonds. The maximum atomic E-state index is 13.9. The number of hydrogen-bond donors (Lipinski definition) is 0. The third kappa shape index (κ3) is 4.77. The summed E-state index contributed by atoms with van der Waals surface area (Å²) < 4.78 is 46.8. The third-order valence-electron chi connectivity index (χ3n) is 5.85. The first-order valence-electron chi connectivity index (χ1n) is 10.0. The summed E-state index contributed by atoms with van der Waals surface area (Å²) in [6.07, 6.45) is -3.38. The minimum Gasteiger partial charge on any atom is -0.497 e. The summed E-state index contributed by atoms with van der Waals surface area (Å²) in [6, 6.07) is 8.99. The molecule has 2 unspecified atom stereocenters. The fraction of sp³-hybridized carbons (Fsp3) is 0.478. The van der Waals surface area contributed by atoms with Crippen LogP contribution in [0.1, 0.15) is 54.5 Å². The Morgan fingerprint density at radius 1 is 1.23 bits per heavy atom. The molecule has 0 bridgehead atoms. The van der Waals surface area contributed by atoms with Gasteiger partial charge in [0, 0.05) is 32.4 Å². The Kier molecular flexibility index (Phi) is 6.38. The van der Waals surface area contributed by atoms with E-state index >= 15 is 0 Å². The molecule has 30 heavy (non-hydrogen) atoms. The number of nitrogens with zero attached hydrogens (tertiary/aromatic N) is 2. The number of aryl methyl sites for hydroxylation is 1. The van der Waals surface area contributed by atoms with Crippen LogP contribution < -0.4 is 9.64 Å². The molecular weight excluding hydrogens is 393 g/mol. The quantitative estimate of drug-likeness (QED) is 0.638. The van der Waals surface area contributed by atoms with Crippen LogP contribution in [-0.4, -0.2) is 24.9 Å². The third-order valence-corrected chi connectivity index (χ3v) is 5.85. The molecule has 0 N–H and O–H groups in total. The molecule has 4 nitrogen and oxygen atoms in total. The van der Waals surface area contributed by atoms with Gasteiger partial charge in [-0.15, -0.1) is 0 Å². The van der Waals surface area contributed by atoms with Gasteiger partial charge in [-0.05, 0) is 48.6 Å². The van der Waals surface area contributed by atoms with E-state index in [2.05, 4.69) is 4.98 Å². The number of methoxy groups -OCH3 is 1. The Bertz CT molecular complexity index is 910. The van der Waals surface area contributed by atoms with Gasteiger partial charge in [-0.3, -0.25) is 4.79 Å². The molecule has 1 heterocycles. The highest BCUT2D eigenvalue weighted by Gasteiger charge is 2.41. The zero-order valence-electron chi connectivity index (χ0n) is 17.7. The molecule has 0 spiro atoms. The minimum absolute atomic E-state index is 0.000342. The summed E-state index contributed by atoms with van der Waals surface area (Å²) in [4.78, 5) is 18.3. The summed E-state index contributed by atoms with van der Waals surface area (Å²) in [5.41, 5.74) is 0.421. The fourth-order valence-electron chi connectivity index (χ4n) is 4.10. The smallest absolute Gasteiger partial charge is 0.418 e. The summed E-state index contributed by atoms with van der Waals surface area (Å²) >= 11 is 0. The molecule has 1 saturated carbocycles. The molecule has 7 heteroatoms. The lowest BCUT2D eigenvalue weighted by molar-refractivity contribution is -0.139. The Balaban J connectivity index is 1.99. The second-order valence-electron chi connectivity index (χ2n) is 8.12. The van der Waals surface area contributed by atoms with E-state index in [1.807, 2.05) is 36.1 Å². The lowest BCUT2D eigenvalue weighted by Crippen LogP contribution is -2.27. The van der Waals surface area contributed by atoms with E-state index in [1.54, 1.807) is 14.2 Å². The second kappa shape index (κ2) is 8.66. The molecular formula is C23H27F3N2O2. The molecule has 1 fully saturated rings. The maximum absolute atomic E-state index is 13.9. The largest absolute Gasteiger partial charge is 0.497 e. The van der Waals surface area contributed by atoms with Gasteiger partial charge in [0.25, 0.3) is 0 Å². The highest BCUT2D eigenvalue weighted by Crippen LogP contribution is 2.43. The summed E-state index contributed by atoms with van der Waals surface area (Å²) in [7, 11) is 3.40. The van der Waals surface area contributed by atoms with E-state index < -0.39 is 17.7 Å². The van der Waals surface area contributed by atoms with E-state index in [0.29, 0.717) is 25.2 Å². The van der Waals surface area contributed by atoms with E-state index in [-0.39, 0.29) is 29.4 Å². The van der Waals surface area contributed by atoms with Crippen LogP contribution in [0.25, 0.3) is 0 Å². The zero-order chi connectivity index (χ0) is 22.1. The number of carbonyl (C=O) groups is 1. The van der Waals surface area contributed by atoms with Crippen LogP contribution in [0.4, 0.5) is 19.0 Å². The van der Waals surface area contributed by atoms with Crippen LogP contribution in [0.2, 0.25) is 0 Å². The van der Waals surface area contributed by atoms with Crippen molar-refractivity contribution in [1.29, 1.82) is 0 Å². The summed E-state index contributed by atoms with van der Waals surface area (Å²) in [6.45, 7) is 3.86. The van der Waals surface area contributed by atoms with Crippen molar-refractivity contribution < 1.29 is 22.7 Å². The number of ether oxygens (including phenoxy) is 1. The van der Waals surface area contributed by atoms with Crippen LogP contribution in [0.5, 0.6) is 5.75 Å². The first-order valence-corrected chi connectivity index (χ1v) is 10.0. The van der Waals surface area contributed by atoms with Gasteiger partial charge in [0.05, 0.1) is 18.4 Å². The van der Waals surface area contributed by atoms with Crippen LogP contribution in [0, 0.1) is 12.8 Å². The number of benzene rings is 1. The molecule has 2 aromatic rings. The number of hydrogen-bond acceptors (Lipinski definition) is 4. The van der Waals surface area contributed by atoms with Gasteiger partial charge in [0.15, 0.2) is 0 Å². The predicted octanol–water partition coefficient (Wildman–Crippen LogP) is 5.53. The number of carbonyl (C=O) groups excluding carboxylic acids is 1. The van der Waals surface area contributed by atoms with E-state index in [9.17, 15) is 18.0 Å². The van der Waals surface area contributed by atoms with Gasteiger partial charge in [0.2, 0.25) is 0 Å². The van der Waals surface area contributed by atoms with E-state index in [1.165, 1.54) is 13.0 Å². The molecule has 0 saturated heterocycles. The Morgan fingerprint density at radius 3 is 2.50 bits per heavy atom. The van der Waals surface area contributed by atoms with Gasteiger partial charge < -0.3 is 9.64 Å². The zero-order valence-corrected chi connectivity index (χ0v) is 17.7. The SMILES string of the molecule is COc1ccc(CN(C)c2cc(C)c(C(F)(F)F)c(C3CC(=O)CCC3C)n2)cc1. The van der Waals surface area contributed by atoms with Gasteiger partial charge in [-0.1, -0.05) is 19.1 Å². The molecule has 0 aliphatic heterocycles. The number of pyridine rings is 1. The monoisotopic (exact) mass is 420 g/mol. The van der Waals surface area contributed by atoms with Crippen LogP contribution in [0.3, 0.4) is 0 Å².